The Kier molecular flexibility index (Phi) is 6.51. The van der Waals surface area contributed by atoms with Gasteiger partial charge in [-0.15, -0.1) is 0 Å². The Morgan fingerprint density at radius 3 is 2.00 bits per heavy atom. The lowest BCUT2D eigenvalue weighted by Crippen LogP contribution is -2.49. The van der Waals surface area contributed by atoms with E-state index >= 15 is 0 Å². The molecule has 0 aromatic carbocycles. The van der Waals surface area contributed by atoms with Crippen molar-refractivity contribution in [2.45, 2.75) is 44.9 Å². The molecular formula is C11H24N2O4S. The monoisotopic (exact) mass is 280 g/mol. The second kappa shape index (κ2) is 7.40. The van der Waals surface area contributed by atoms with E-state index in [1.807, 2.05) is 0 Å². The Morgan fingerprint density at radius 1 is 1.06 bits per heavy atom. The first kappa shape index (κ1) is 15.8. The van der Waals surface area contributed by atoms with Crippen LogP contribution in [0.25, 0.3) is 0 Å². The van der Waals surface area contributed by atoms with Crippen molar-refractivity contribution < 1.29 is 17.9 Å². The molecule has 1 heterocycles. The SMILES string of the molecule is COC(OC)C(C)NS(=O)(=O)N1CCCCCC1. The van der Waals surface area contributed by atoms with Crippen molar-refractivity contribution in [1.82, 2.24) is 9.03 Å². The van der Waals surface area contributed by atoms with Gasteiger partial charge in [0.15, 0.2) is 6.29 Å². The number of ether oxygens (including phenoxy) is 2. The second-order valence-corrected chi connectivity index (χ2v) is 6.27. The summed E-state index contributed by atoms with van der Waals surface area (Å²) in [6, 6.07) is -0.423. The predicted molar refractivity (Wildman–Crippen MR) is 69.4 cm³/mol. The van der Waals surface area contributed by atoms with Crippen molar-refractivity contribution in [1.29, 1.82) is 0 Å². The summed E-state index contributed by atoms with van der Waals surface area (Å²) in [4.78, 5) is 0. The highest BCUT2D eigenvalue weighted by Crippen LogP contribution is 2.13. The van der Waals surface area contributed by atoms with Crippen LogP contribution >= 0.6 is 0 Å². The number of hydrogen-bond acceptors (Lipinski definition) is 4. The highest BCUT2D eigenvalue weighted by atomic mass is 32.2. The van der Waals surface area contributed by atoms with Crippen LogP contribution in [0, 0.1) is 0 Å². The molecule has 1 atom stereocenters. The zero-order valence-electron chi connectivity index (χ0n) is 11.4. The first-order chi connectivity index (χ1) is 8.51. The Bertz CT molecular complexity index is 322. The van der Waals surface area contributed by atoms with Gasteiger partial charge in [0.25, 0.3) is 10.2 Å². The molecule has 1 rings (SSSR count). The molecule has 0 saturated carbocycles. The normalized spacial score (nSPS) is 20.9. The standard InChI is InChI=1S/C11H24N2O4S/c1-10(11(16-2)17-3)12-18(14,15)13-8-6-4-5-7-9-13/h10-12H,4-9H2,1-3H3. The molecule has 108 valence electrons. The van der Waals surface area contributed by atoms with Gasteiger partial charge in [-0.1, -0.05) is 12.8 Å². The van der Waals surface area contributed by atoms with Gasteiger partial charge in [0.2, 0.25) is 0 Å². The third-order valence-electron chi connectivity index (χ3n) is 3.11. The van der Waals surface area contributed by atoms with E-state index in [-0.39, 0.29) is 0 Å². The molecule has 1 fully saturated rings. The average molecular weight is 280 g/mol. The lowest BCUT2D eigenvalue weighted by atomic mass is 10.2. The molecule has 0 aromatic rings. The van der Waals surface area contributed by atoms with E-state index in [2.05, 4.69) is 4.72 Å². The summed E-state index contributed by atoms with van der Waals surface area (Å²) in [5.41, 5.74) is 0. The molecule has 1 N–H and O–H groups in total. The topological polar surface area (TPSA) is 67.9 Å². The zero-order valence-corrected chi connectivity index (χ0v) is 12.2. The molecule has 0 radical (unpaired) electrons. The maximum Gasteiger partial charge on any atom is 0.279 e. The highest BCUT2D eigenvalue weighted by molar-refractivity contribution is 7.87. The smallest absolute Gasteiger partial charge is 0.279 e. The van der Waals surface area contributed by atoms with Crippen LogP contribution in [0.3, 0.4) is 0 Å². The van der Waals surface area contributed by atoms with E-state index in [9.17, 15) is 8.42 Å². The molecule has 1 unspecified atom stereocenters. The van der Waals surface area contributed by atoms with Crippen LogP contribution in [0.2, 0.25) is 0 Å². The maximum absolute atomic E-state index is 12.2. The summed E-state index contributed by atoms with van der Waals surface area (Å²) in [5, 5.41) is 0. The van der Waals surface area contributed by atoms with E-state index in [0.29, 0.717) is 13.1 Å². The van der Waals surface area contributed by atoms with Gasteiger partial charge in [-0.05, 0) is 19.8 Å². The van der Waals surface area contributed by atoms with Gasteiger partial charge in [-0.3, -0.25) is 0 Å². The van der Waals surface area contributed by atoms with E-state index < -0.39 is 22.5 Å². The predicted octanol–water partition coefficient (Wildman–Crippen LogP) is 0.704. The first-order valence-corrected chi connectivity index (χ1v) is 7.78. The summed E-state index contributed by atoms with van der Waals surface area (Å²) in [5.74, 6) is 0. The van der Waals surface area contributed by atoms with Crippen LogP contribution in [0.15, 0.2) is 0 Å². The second-order valence-electron chi connectivity index (χ2n) is 4.56. The van der Waals surface area contributed by atoms with Crippen LogP contribution in [-0.4, -0.2) is 52.4 Å². The fraction of sp³-hybridized carbons (Fsp3) is 1.00. The molecular weight excluding hydrogens is 256 g/mol. The quantitative estimate of drug-likeness (QED) is 0.727. The van der Waals surface area contributed by atoms with E-state index in [1.54, 1.807) is 6.92 Å². The van der Waals surface area contributed by atoms with E-state index in [4.69, 9.17) is 9.47 Å². The van der Waals surface area contributed by atoms with Gasteiger partial charge in [0.1, 0.15) is 0 Å². The molecule has 0 aromatic heterocycles. The molecule has 1 aliphatic rings. The summed E-state index contributed by atoms with van der Waals surface area (Å²) in [7, 11) is -0.466. The van der Waals surface area contributed by atoms with Gasteiger partial charge < -0.3 is 9.47 Å². The largest absolute Gasteiger partial charge is 0.354 e. The number of rotatable bonds is 6. The summed E-state index contributed by atoms with van der Waals surface area (Å²) < 4.78 is 38.6. The summed E-state index contributed by atoms with van der Waals surface area (Å²) in [6.07, 6.45) is 3.47. The third kappa shape index (κ3) is 4.47. The van der Waals surface area contributed by atoms with Gasteiger partial charge in [-0.25, -0.2) is 0 Å². The zero-order chi connectivity index (χ0) is 13.6. The molecule has 1 saturated heterocycles. The molecule has 0 spiro atoms. The third-order valence-corrected chi connectivity index (χ3v) is 4.83. The van der Waals surface area contributed by atoms with Gasteiger partial charge in [-0.2, -0.15) is 17.4 Å². The maximum atomic E-state index is 12.2. The Labute approximate surface area is 110 Å². The molecule has 7 heteroatoms. The minimum absolute atomic E-state index is 0.423. The average Bonchev–Trinajstić information content (AvgIpc) is 2.58. The van der Waals surface area contributed by atoms with Crippen molar-refractivity contribution in [3.05, 3.63) is 0 Å². The van der Waals surface area contributed by atoms with Crippen LogP contribution in [0.5, 0.6) is 0 Å². The van der Waals surface area contributed by atoms with Crippen LogP contribution in [0.1, 0.15) is 32.6 Å². The molecule has 6 nitrogen and oxygen atoms in total. The van der Waals surface area contributed by atoms with Crippen molar-refractivity contribution in [3.8, 4) is 0 Å². The molecule has 0 aliphatic carbocycles. The van der Waals surface area contributed by atoms with Crippen molar-refractivity contribution in [2.75, 3.05) is 27.3 Å². The number of nitrogens with one attached hydrogen (secondary N) is 1. The molecule has 0 bridgehead atoms. The Balaban J connectivity index is 2.62. The number of nitrogens with zero attached hydrogens (tertiary/aromatic N) is 1. The summed E-state index contributed by atoms with van der Waals surface area (Å²) in [6.45, 7) is 2.91. The fourth-order valence-electron chi connectivity index (χ4n) is 2.15. The van der Waals surface area contributed by atoms with Gasteiger partial charge in [0.05, 0.1) is 6.04 Å². The van der Waals surface area contributed by atoms with Crippen molar-refractivity contribution in [2.24, 2.45) is 0 Å². The van der Waals surface area contributed by atoms with Crippen molar-refractivity contribution in [3.63, 3.8) is 0 Å². The molecule has 1 aliphatic heterocycles. The first-order valence-electron chi connectivity index (χ1n) is 6.34. The molecule has 18 heavy (non-hydrogen) atoms. The minimum atomic E-state index is -3.45. The minimum Gasteiger partial charge on any atom is -0.354 e. The van der Waals surface area contributed by atoms with E-state index in [0.717, 1.165) is 25.7 Å². The number of hydrogen-bond donors (Lipinski definition) is 1. The van der Waals surface area contributed by atoms with E-state index in [1.165, 1.54) is 18.5 Å². The van der Waals surface area contributed by atoms with Gasteiger partial charge >= 0.3 is 0 Å². The summed E-state index contributed by atoms with van der Waals surface area (Å²) >= 11 is 0. The lowest BCUT2D eigenvalue weighted by molar-refractivity contribution is -0.115. The fourth-order valence-corrected chi connectivity index (χ4v) is 3.62. The molecule has 0 amide bonds. The lowest BCUT2D eigenvalue weighted by Gasteiger charge is -2.26. The number of methoxy groups -OCH3 is 2. The van der Waals surface area contributed by atoms with Gasteiger partial charge in [0, 0.05) is 27.3 Å². The van der Waals surface area contributed by atoms with Crippen LogP contribution in [0.4, 0.5) is 0 Å². The highest BCUT2D eigenvalue weighted by Gasteiger charge is 2.27. The Hall–Kier alpha value is -0.210. The van der Waals surface area contributed by atoms with Crippen molar-refractivity contribution >= 4 is 10.2 Å². The van der Waals surface area contributed by atoms with Crippen LogP contribution in [-0.2, 0) is 19.7 Å². The Morgan fingerprint density at radius 2 is 1.56 bits per heavy atom. The van der Waals surface area contributed by atoms with Crippen LogP contribution < -0.4 is 4.72 Å².